The third-order valence-corrected chi connectivity index (χ3v) is 7.83. The number of carbonyl (C=O) groups excluding carboxylic acids is 1. The van der Waals surface area contributed by atoms with Crippen LogP contribution in [0.25, 0.3) is 0 Å². The summed E-state index contributed by atoms with van der Waals surface area (Å²) >= 11 is 5.03. The van der Waals surface area contributed by atoms with E-state index in [0.717, 1.165) is 41.4 Å². The molecular weight excluding hydrogens is 426 g/mol. The van der Waals surface area contributed by atoms with Crippen LogP contribution in [0.3, 0.4) is 0 Å². The number of ether oxygens (including phenoxy) is 2. The van der Waals surface area contributed by atoms with Crippen molar-refractivity contribution in [3.63, 3.8) is 0 Å². The summed E-state index contributed by atoms with van der Waals surface area (Å²) in [6.45, 7) is 1.79. The number of hydrogen-bond acceptors (Lipinski definition) is 9. The summed E-state index contributed by atoms with van der Waals surface area (Å²) < 4.78 is 15.7. The van der Waals surface area contributed by atoms with E-state index >= 15 is 0 Å². The fraction of sp³-hybridized carbons (Fsp3) is 0.400. The van der Waals surface area contributed by atoms with E-state index in [1.807, 2.05) is 12.1 Å². The Hall–Kier alpha value is -1.68. The predicted octanol–water partition coefficient (Wildman–Crippen LogP) is 4.33. The Morgan fingerprint density at radius 3 is 3.14 bits per heavy atom. The number of methoxy groups -OCH3 is 1. The van der Waals surface area contributed by atoms with Crippen LogP contribution in [-0.4, -0.2) is 49.5 Å². The monoisotopic (exact) mass is 449 g/mol. The summed E-state index contributed by atoms with van der Waals surface area (Å²) in [6, 6.07) is 8.41. The van der Waals surface area contributed by atoms with Gasteiger partial charge in [-0.25, -0.2) is 0 Å². The lowest BCUT2D eigenvalue weighted by molar-refractivity contribution is -0.107. The lowest BCUT2D eigenvalue weighted by Gasteiger charge is -2.15. The highest BCUT2D eigenvalue weighted by molar-refractivity contribution is 8.15. The molecule has 1 aromatic carbocycles. The Morgan fingerprint density at radius 2 is 2.34 bits per heavy atom. The second-order valence-corrected chi connectivity index (χ2v) is 10.1. The molecule has 6 nitrogen and oxygen atoms in total. The molecule has 2 aromatic rings. The van der Waals surface area contributed by atoms with Crippen molar-refractivity contribution in [2.75, 3.05) is 36.9 Å². The highest BCUT2D eigenvalue weighted by Crippen LogP contribution is 2.41. The molecule has 0 aliphatic carbocycles. The second kappa shape index (κ2) is 9.88. The van der Waals surface area contributed by atoms with Gasteiger partial charge in [-0.15, -0.1) is 23.1 Å². The summed E-state index contributed by atoms with van der Waals surface area (Å²) in [5, 5.41) is 7.07. The lowest BCUT2D eigenvalue weighted by atomic mass is 10.1. The minimum atomic E-state index is 0.146. The van der Waals surface area contributed by atoms with Gasteiger partial charge in [-0.2, -0.15) is 0 Å². The summed E-state index contributed by atoms with van der Waals surface area (Å²) in [5.74, 6) is 0.831. The van der Waals surface area contributed by atoms with Gasteiger partial charge in [0.05, 0.1) is 39.8 Å². The third kappa shape index (κ3) is 5.09. The van der Waals surface area contributed by atoms with E-state index in [1.54, 1.807) is 42.2 Å². The fourth-order valence-electron chi connectivity index (χ4n) is 3.29. The molecule has 4 rings (SSSR count). The molecule has 0 fully saturated rings. The molecule has 1 aromatic heterocycles. The van der Waals surface area contributed by atoms with Gasteiger partial charge in [0.2, 0.25) is 0 Å². The van der Waals surface area contributed by atoms with E-state index in [4.69, 9.17) is 9.47 Å². The van der Waals surface area contributed by atoms with Crippen LogP contribution < -0.4 is 14.8 Å². The maximum atomic E-state index is 10.8. The molecule has 0 saturated carbocycles. The number of thiophene rings is 1. The van der Waals surface area contributed by atoms with Gasteiger partial charge in [0.25, 0.3) is 0 Å². The molecule has 0 bridgehead atoms. The van der Waals surface area contributed by atoms with Gasteiger partial charge in [-0.3, -0.25) is 4.99 Å². The van der Waals surface area contributed by atoms with E-state index in [1.165, 1.54) is 9.77 Å². The van der Waals surface area contributed by atoms with Crippen molar-refractivity contribution < 1.29 is 14.3 Å². The van der Waals surface area contributed by atoms with Gasteiger partial charge < -0.3 is 24.3 Å². The average Bonchev–Trinajstić information content (AvgIpc) is 3.47. The van der Waals surface area contributed by atoms with Crippen molar-refractivity contribution >= 4 is 57.8 Å². The van der Waals surface area contributed by atoms with Crippen LogP contribution >= 0.6 is 35.0 Å². The number of carbonyl (C=O) groups is 1. The molecule has 0 radical (unpaired) electrons. The molecule has 2 unspecified atom stereocenters. The quantitative estimate of drug-likeness (QED) is 0.318. The van der Waals surface area contributed by atoms with Crippen LogP contribution in [0.1, 0.15) is 12.0 Å². The van der Waals surface area contributed by atoms with Gasteiger partial charge in [0, 0.05) is 31.3 Å². The molecule has 3 heterocycles. The zero-order chi connectivity index (χ0) is 20.1. The molecule has 154 valence electrons. The number of nitrogens with one attached hydrogen (secondary N) is 2. The van der Waals surface area contributed by atoms with Crippen molar-refractivity contribution in [1.29, 1.82) is 0 Å². The molecule has 0 spiro atoms. The maximum Gasteiger partial charge on any atom is 0.121 e. The third-order valence-electron chi connectivity index (χ3n) is 4.64. The number of anilines is 2. The fourth-order valence-corrected chi connectivity index (χ4v) is 5.86. The number of aldehydes is 1. The van der Waals surface area contributed by atoms with Crippen molar-refractivity contribution in [2.45, 2.75) is 28.3 Å². The molecule has 2 aliphatic rings. The first kappa shape index (κ1) is 20.6. The Kier molecular flexibility index (Phi) is 7.02. The predicted molar refractivity (Wildman–Crippen MR) is 123 cm³/mol. The topological polar surface area (TPSA) is 72.0 Å². The summed E-state index contributed by atoms with van der Waals surface area (Å²) in [4.78, 5) is 15.5. The second-order valence-electron chi connectivity index (χ2n) is 6.70. The van der Waals surface area contributed by atoms with Gasteiger partial charge >= 0.3 is 0 Å². The first-order valence-electron chi connectivity index (χ1n) is 9.43. The van der Waals surface area contributed by atoms with Crippen molar-refractivity contribution in [2.24, 2.45) is 4.99 Å². The van der Waals surface area contributed by atoms with E-state index in [-0.39, 0.29) is 11.3 Å². The molecular formula is C20H23N3O3S3. The zero-order valence-corrected chi connectivity index (χ0v) is 18.5. The van der Waals surface area contributed by atoms with Crippen molar-refractivity contribution in [3.05, 3.63) is 35.2 Å². The Morgan fingerprint density at radius 1 is 1.41 bits per heavy atom. The summed E-state index contributed by atoms with van der Waals surface area (Å²) in [6.07, 6.45) is 2.40. The normalized spacial score (nSPS) is 20.1. The molecule has 2 aliphatic heterocycles. The molecule has 0 saturated heterocycles. The van der Waals surface area contributed by atoms with Crippen LogP contribution in [0.15, 0.2) is 38.8 Å². The summed E-state index contributed by atoms with van der Waals surface area (Å²) in [7, 11) is 1.67. The van der Waals surface area contributed by atoms with Crippen LogP contribution in [0.5, 0.6) is 5.75 Å². The van der Waals surface area contributed by atoms with Crippen LogP contribution in [0, 0.1) is 0 Å². The Labute approximate surface area is 183 Å². The highest BCUT2D eigenvalue weighted by atomic mass is 32.2. The molecule has 9 heteroatoms. The first-order chi connectivity index (χ1) is 14.3. The first-order valence-corrected chi connectivity index (χ1v) is 12.0. The van der Waals surface area contributed by atoms with Gasteiger partial charge in [0.15, 0.2) is 0 Å². The Bertz CT molecular complexity index is 873. The minimum Gasteiger partial charge on any atom is -0.491 e. The number of aliphatic imine (C=N–C) groups is 1. The lowest BCUT2D eigenvalue weighted by Crippen LogP contribution is -2.24. The van der Waals surface area contributed by atoms with Crippen molar-refractivity contribution in [1.82, 2.24) is 0 Å². The molecule has 29 heavy (non-hydrogen) atoms. The number of fused-ring (bicyclic) bond motifs is 1. The number of thioether (sulfide) groups is 1. The highest BCUT2D eigenvalue weighted by Gasteiger charge is 2.32. The van der Waals surface area contributed by atoms with E-state index < -0.39 is 0 Å². The van der Waals surface area contributed by atoms with Gasteiger partial charge in [-0.05, 0) is 35.0 Å². The Balaban J connectivity index is 1.50. The van der Waals surface area contributed by atoms with Gasteiger partial charge in [0.1, 0.15) is 18.6 Å². The van der Waals surface area contributed by atoms with Crippen molar-refractivity contribution in [3.8, 4) is 5.75 Å². The van der Waals surface area contributed by atoms with E-state index in [0.29, 0.717) is 19.6 Å². The number of hydrogen-bond donors (Lipinski definition) is 2. The SMILES string of the molecule is COCCOc1cc2c(c(NSc3cccs3)c1)NC(C1=NCC(CC=O)S1)C2. The minimum absolute atomic E-state index is 0.146. The standard InChI is InChI=1S/C20H23N3O3S3/c1-25-6-7-26-14-9-13-10-17(20-21-12-15(28-20)4-5-24)22-19(13)16(11-14)23-29-18-3-2-8-27-18/h2-3,5,8-9,11,15,17,22-23H,4,6-7,10,12H2,1H3. The maximum absolute atomic E-state index is 10.8. The smallest absolute Gasteiger partial charge is 0.121 e. The largest absolute Gasteiger partial charge is 0.491 e. The summed E-state index contributed by atoms with van der Waals surface area (Å²) in [5.41, 5.74) is 3.31. The number of rotatable bonds is 10. The number of benzene rings is 1. The molecule has 2 atom stereocenters. The zero-order valence-electron chi connectivity index (χ0n) is 16.1. The average molecular weight is 450 g/mol. The van der Waals surface area contributed by atoms with E-state index in [9.17, 15) is 4.79 Å². The van der Waals surface area contributed by atoms with Crippen LogP contribution in [-0.2, 0) is 16.0 Å². The molecule has 2 N–H and O–H groups in total. The van der Waals surface area contributed by atoms with Crippen LogP contribution in [0.2, 0.25) is 0 Å². The molecule has 0 amide bonds. The van der Waals surface area contributed by atoms with Crippen LogP contribution in [0.4, 0.5) is 11.4 Å². The number of nitrogens with zero attached hydrogens (tertiary/aromatic N) is 1. The van der Waals surface area contributed by atoms with E-state index in [2.05, 4.69) is 32.5 Å². The van der Waals surface area contributed by atoms with Gasteiger partial charge in [-0.1, -0.05) is 6.07 Å².